The average Bonchev–Trinajstić information content (AvgIpc) is 3.09. The van der Waals surface area contributed by atoms with E-state index in [-0.39, 0.29) is 12.2 Å². The number of hydrogen-bond donors (Lipinski definition) is 1. The van der Waals surface area contributed by atoms with Gasteiger partial charge in [-0.05, 0) is 48.6 Å². The Bertz CT molecular complexity index is 1120. The number of para-hydroxylation sites is 1. The number of aryl methyl sites for hydroxylation is 1. The standard InChI is InChI=1S/C25H27NO5/c1-26-20-14-17(25(28)29)12-13-18(20)23(16-8-4-3-5-9-16)24(26)19-10-6-7-11-21(19)31-15-22(27)30-2/h6-7,10-14,16H,3-5,8-9,15H2,1-2H3,(H,28,29). The van der Waals surface area contributed by atoms with E-state index in [1.807, 2.05) is 37.4 Å². The van der Waals surface area contributed by atoms with Gasteiger partial charge >= 0.3 is 11.9 Å². The fourth-order valence-electron chi connectivity index (χ4n) is 4.71. The zero-order valence-corrected chi connectivity index (χ0v) is 17.9. The van der Waals surface area contributed by atoms with Gasteiger partial charge in [-0.15, -0.1) is 0 Å². The van der Waals surface area contributed by atoms with Crippen LogP contribution in [0.3, 0.4) is 0 Å². The van der Waals surface area contributed by atoms with E-state index in [9.17, 15) is 14.7 Å². The molecule has 1 aliphatic rings. The van der Waals surface area contributed by atoms with Crippen LogP contribution in [0.15, 0.2) is 42.5 Å². The SMILES string of the molecule is COC(=O)COc1ccccc1-c1c(C2CCCCC2)c2ccc(C(=O)O)cc2n1C. The number of esters is 1. The molecule has 1 heterocycles. The van der Waals surface area contributed by atoms with Gasteiger partial charge in [-0.25, -0.2) is 9.59 Å². The van der Waals surface area contributed by atoms with Crippen molar-refractivity contribution in [3.05, 3.63) is 53.6 Å². The first-order chi connectivity index (χ1) is 15.0. The summed E-state index contributed by atoms with van der Waals surface area (Å²) in [5.74, 6) is -0.373. The lowest BCUT2D eigenvalue weighted by Crippen LogP contribution is -2.13. The van der Waals surface area contributed by atoms with Gasteiger partial charge in [0.2, 0.25) is 0 Å². The highest BCUT2D eigenvalue weighted by Gasteiger charge is 2.27. The van der Waals surface area contributed by atoms with E-state index in [4.69, 9.17) is 9.47 Å². The van der Waals surface area contributed by atoms with Crippen LogP contribution in [-0.2, 0) is 16.6 Å². The van der Waals surface area contributed by atoms with E-state index in [0.717, 1.165) is 35.0 Å². The topological polar surface area (TPSA) is 77.8 Å². The van der Waals surface area contributed by atoms with Gasteiger partial charge in [0, 0.05) is 23.5 Å². The fourth-order valence-corrected chi connectivity index (χ4v) is 4.71. The third-order valence-electron chi connectivity index (χ3n) is 6.22. The third-order valence-corrected chi connectivity index (χ3v) is 6.22. The van der Waals surface area contributed by atoms with Crippen LogP contribution < -0.4 is 4.74 Å². The molecule has 0 atom stereocenters. The molecule has 31 heavy (non-hydrogen) atoms. The van der Waals surface area contributed by atoms with Crippen LogP contribution in [-0.4, -0.2) is 35.3 Å². The van der Waals surface area contributed by atoms with Crippen molar-refractivity contribution in [1.29, 1.82) is 0 Å². The predicted molar refractivity (Wildman–Crippen MR) is 119 cm³/mol. The molecular weight excluding hydrogens is 394 g/mol. The second-order valence-electron chi connectivity index (χ2n) is 8.05. The Morgan fingerprint density at radius 1 is 1.10 bits per heavy atom. The third kappa shape index (κ3) is 4.02. The van der Waals surface area contributed by atoms with Crippen LogP contribution >= 0.6 is 0 Å². The molecule has 6 heteroatoms. The number of carbonyl (C=O) groups is 2. The molecular formula is C25H27NO5. The number of hydrogen-bond acceptors (Lipinski definition) is 4. The van der Waals surface area contributed by atoms with E-state index >= 15 is 0 Å². The summed E-state index contributed by atoms with van der Waals surface area (Å²) >= 11 is 0. The molecule has 162 valence electrons. The van der Waals surface area contributed by atoms with Gasteiger partial charge in [0.1, 0.15) is 5.75 Å². The van der Waals surface area contributed by atoms with Crippen LogP contribution in [0, 0.1) is 0 Å². The normalized spacial score (nSPS) is 14.5. The number of carboxylic acid groups (broad SMARTS) is 1. The van der Waals surface area contributed by atoms with E-state index in [1.165, 1.54) is 31.9 Å². The lowest BCUT2D eigenvalue weighted by atomic mass is 9.81. The summed E-state index contributed by atoms with van der Waals surface area (Å²) in [6.45, 7) is -0.167. The maximum Gasteiger partial charge on any atom is 0.343 e. The Balaban J connectivity index is 1.92. The molecule has 4 rings (SSSR count). The lowest BCUT2D eigenvalue weighted by molar-refractivity contribution is -0.142. The average molecular weight is 421 g/mol. The Hall–Kier alpha value is -3.28. The number of aromatic carboxylic acids is 1. The zero-order valence-electron chi connectivity index (χ0n) is 17.9. The quantitative estimate of drug-likeness (QED) is 0.558. The smallest absolute Gasteiger partial charge is 0.343 e. The van der Waals surface area contributed by atoms with Crippen LogP contribution in [0.25, 0.3) is 22.2 Å². The van der Waals surface area contributed by atoms with E-state index in [2.05, 4.69) is 4.57 Å². The van der Waals surface area contributed by atoms with Crippen LogP contribution in [0.2, 0.25) is 0 Å². The number of benzene rings is 2. The molecule has 0 bridgehead atoms. The summed E-state index contributed by atoms with van der Waals surface area (Å²) in [4.78, 5) is 23.2. The summed E-state index contributed by atoms with van der Waals surface area (Å²) < 4.78 is 12.6. The molecule has 1 saturated carbocycles. The Morgan fingerprint density at radius 3 is 2.55 bits per heavy atom. The van der Waals surface area contributed by atoms with Crippen molar-refractivity contribution in [3.8, 4) is 17.0 Å². The highest BCUT2D eigenvalue weighted by molar-refractivity contribution is 5.98. The van der Waals surface area contributed by atoms with E-state index in [0.29, 0.717) is 11.7 Å². The first kappa shape index (κ1) is 21.0. The molecule has 1 aromatic heterocycles. The summed E-state index contributed by atoms with van der Waals surface area (Å²) in [5.41, 5.74) is 4.30. The molecule has 2 aromatic carbocycles. The van der Waals surface area contributed by atoms with Gasteiger partial charge in [0.15, 0.2) is 6.61 Å². The first-order valence-electron chi connectivity index (χ1n) is 10.7. The number of fused-ring (bicyclic) bond motifs is 1. The molecule has 0 spiro atoms. The monoisotopic (exact) mass is 421 g/mol. The van der Waals surface area contributed by atoms with Gasteiger partial charge < -0.3 is 19.1 Å². The second kappa shape index (κ2) is 8.84. The maximum absolute atomic E-state index is 11.6. The van der Waals surface area contributed by atoms with Crippen LogP contribution in [0.4, 0.5) is 0 Å². The van der Waals surface area contributed by atoms with Gasteiger partial charge in [0.05, 0.1) is 18.4 Å². The molecule has 0 amide bonds. The lowest BCUT2D eigenvalue weighted by Gasteiger charge is -2.24. The Labute approximate surface area is 181 Å². The van der Waals surface area contributed by atoms with E-state index in [1.54, 1.807) is 12.1 Å². The molecule has 0 radical (unpaired) electrons. The fraction of sp³-hybridized carbons (Fsp3) is 0.360. The summed E-state index contributed by atoms with van der Waals surface area (Å²) in [6, 6.07) is 13.0. The van der Waals surface area contributed by atoms with Gasteiger partial charge in [0.25, 0.3) is 0 Å². The van der Waals surface area contributed by atoms with Gasteiger partial charge in [-0.3, -0.25) is 0 Å². The molecule has 6 nitrogen and oxygen atoms in total. The van der Waals surface area contributed by atoms with E-state index < -0.39 is 11.9 Å². The van der Waals surface area contributed by atoms with Crippen LogP contribution in [0.1, 0.15) is 53.9 Å². The molecule has 1 N–H and O–H groups in total. The van der Waals surface area contributed by atoms with Crippen molar-refractivity contribution in [3.63, 3.8) is 0 Å². The second-order valence-corrected chi connectivity index (χ2v) is 8.05. The highest BCUT2D eigenvalue weighted by atomic mass is 16.6. The minimum absolute atomic E-state index is 0.167. The van der Waals surface area contributed by atoms with Crippen molar-refractivity contribution < 1.29 is 24.2 Å². The number of methoxy groups -OCH3 is 1. The van der Waals surface area contributed by atoms with Crippen molar-refractivity contribution >= 4 is 22.8 Å². The molecule has 0 aliphatic heterocycles. The van der Waals surface area contributed by atoms with Crippen molar-refractivity contribution in [2.45, 2.75) is 38.0 Å². The van der Waals surface area contributed by atoms with Gasteiger partial charge in [-0.2, -0.15) is 0 Å². The zero-order chi connectivity index (χ0) is 22.0. The molecule has 0 unspecified atom stereocenters. The van der Waals surface area contributed by atoms with Crippen molar-refractivity contribution in [2.75, 3.05) is 13.7 Å². The highest BCUT2D eigenvalue weighted by Crippen LogP contribution is 2.45. The number of aromatic nitrogens is 1. The number of carbonyl (C=O) groups excluding carboxylic acids is 1. The predicted octanol–water partition coefficient (Wildman–Crippen LogP) is 5.14. The number of carboxylic acids is 1. The molecule has 3 aromatic rings. The van der Waals surface area contributed by atoms with Crippen LogP contribution in [0.5, 0.6) is 5.75 Å². The minimum atomic E-state index is -0.939. The number of ether oxygens (including phenoxy) is 2. The summed E-state index contributed by atoms with van der Waals surface area (Å²) in [7, 11) is 3.30. The molecule has 1 fully saturated rings. The summed E-state index contributed by atoms with van der Waals surface area (Å²) in [6.07, 6.45) is 5.84. The first-order valence-corrected chi connectivity index (χ1v) is 10.7. The number of rotatable bonds is 6. The Morgan fingerprint density at radius 2 is 1.84 bits per heavy atom. The molecule has 0 saturated heterocycles. The van der Waals surface area contributed by atoms with Crippen molar-refractivity contribution in [2.24, 2.45) is 7.05 Å². The molecule has 1 aliphatic carbocycles. The number of nitrogens with zero attached hydrogens (tertiary/aromatic N) is 1. The minimum Gasteiger partial charge on any atom is -0.481 e. The Kier molecular flexibility index (Phi) is 5.98. The van der Waals surface area contributed by atoms with Crippen molar-refractivity contribution in [1.82, 2.24) is 4.57 Å². The summed E-state index contributed by atoms with van der Waals surface area (Å²) in [5, 5.41) is 10.6. The largest absolute Gasteiger partial charge is 0.481 e. The maximum atomic E-state index is 11.6. The van der Waals surface area contributed by atoms with Gasteiger partial charge in [-0.1, -0.05) is 37.5 Å².